The minimum Gasteiger partial charge on any atom is -0.444 e. The first kappa shape index (κ1) is 21.8. The summed E-state index contributed by atoms with van der Waals surface area (Å²) in [5.41, 5.74) is 5.25. The molecule has 2 heterocycles. The summed E-state index contributed by atoms with van der Waals surface area (Å²) in [6.07, 6.45) is 2.76. The molecular weight excluding hydrogens is 420 g/mol. The number of carbonyl (C=O) groups is 3. The summed E-state index contributed by atoms with van der Waals surface area (Å²) in [6.45, 7) is 3.34. The third-order valence-electron chi connectivity index (χ3n) is 5.15. The van der Waals surface area contributed by atoms with Gasteiger partial charge in [0.1, 0.15) is 12.3 Å². The molecule has 0 aliphatic heterocycles. The number of nitrogens with one attached hydrogen (secondary N) is 3. The third-order valence-corrected chi connectivity index (χ3v) is 5.15. The molecule has 0 spiro atoms. The van der Waals surface area contributed by atoms with Gasteiger partial charge in [0.2, 0.25) is 5.78 Å². The lowest BCUT2D eigenvalue weighted by Gasteiger charge is -2.09. The number of aromatic nitrogens is 2. The molecule has 0 atom stereocenters. The molecule has 0 saturated heterocycles. The zero-order valence-electron chi connectivity index (χ0n) is 18.1. The maximum Gasteiger partial charge on any atom is 0.412 e. The predicted octanol–water partition coefficient (Wildman–Crippen LogP) is 4.81. The second kappa shape index (κ2) is 9.35. The van der Waals surface area contributed by atoms with Gasteiger partial charge >= 0.3 is 6.09 Å². The zero-order chi connectivity index (χ0) is 23.4. The summed E-state index contributed by atoms with van der Waals surface area (Å²) in [7, 11) is 0. The fraction of sp³-hybridized carbons (Fsp3) is 0.120. The molecule has 3 N–H and O–H groups in total. The van der Waals surface area contributed by atoms with Crippen LogP contribution in [0.1, 0.15) is 18.1 Å². The molecule has 0 aliphatic rings. The van der Waals surface area contributed by atoms with Crippen LogP contribution in [0.3, 0.4) is 0 Å². The second-order valence-corrected chi connectivity index (χ2v) is 7.54. The number of carbonyl (C=O) groups excluding carboxylic acids is 3. The standard InChI is InChI=1S/C25H22N4O4/c1-15-6-3-4-7-18(15)14-33-25(32)29-20-11-21-22(13-27-23(21)26-12-20)17-8-5-9-19(10-17)28-24(31)16(2)30/h3-13H,14H2,1-2H3,(H,26,27)(H,28,31)(H,29,32). The fourth-order valence-corrected chi connectivity index (χ4v) is 3.36. The summed E-state index contributed by atoms with van der Waals surface area (Å²) in [4.78, 5) is 42.7. The third kappa shape index (κ3) is 5.07. The van der Waals surface area contributed by atoms with Gasteiger partial charge in [-0.2, -0.15) is 0 Å². The van der Waals surface area contributed by atoms with Crippen LogP contribution in [0.15, 0.2) is 67.0 Å². The molecule has 2 aromatic heterocycles. The van der Waals surface area contributed by atoms with Crippen molar-refractivity contribution in [3.63, 3.8) is 0 Å². The molecular formula is C25H22N4O4. The smallest absolute Gasteiger partial charge is 0.412 e. The van der Waals surface area contributed by atoms with Crippen LogP contribution in [0.5, 0.6) is 0 Å². The van der Waals surface area contributed by atoms with Gasteiger partial charge < -0.3 is 15.0 Å². The zero-order valence-corrected chi connectivity index (χ0v) is 18.1. The highest BCUT2D eigenvalue weighted by Crippen LogP contribution is 2.31. The van der Waals surface area contributed by atoms with Gasteiger partial charge in [0.15, 0.2) is 0 Å². The van der Waals surface area contributed by atoms with Gasteiger partial charge in [-0.1, -0.05) is 36.4 Å². The van der Waals surface area contributed by atoms with Gasteiger partial charge in [0.25, 0.3) is 5.91 Å². The Morgan fingerprint density at radius 1 is 1.00 bits per heavy atom. The Morgan fingerprint density at radius 3 is 2.61 bits per heavy atom. The quantitative estimate of drug-likeness (QED) is 0.371. The van der Waals surface area contributed by atoms with Crippen LogP contribution < -0.4 is 10.6 Å². The number of fused-ring (bicyclic) bond motifs is 1. The Kier molecular flexibility index (Phi) is 6.17. The van der Waals surface area contributed by atoms with Crippen LogP contribution in [0.2, 0.25) is 0 Å². The van der Waals surface area contributed by atoms with Crippen molar-refractivity contribution < 1.29 is 19.1 Å². The minimum atomic E-state index is -0.677. The average Bonchev–Trinajstić information content (AvgIpc) is 3.22. The van der Waals surface area contributed by atoms with Crippen molar-refractivity contribution >= 4 is 40.2 Å². The molecule has 2 aromatic carbocycles. The van der Waals surface area contributed by atoms with Crippen molar-refractivity contribution in [3.05, 3.63) is 78.1 Å². The van der Waals surface area contributed by atoms with Gasteiger partial charge in [-0.15, -0.1) is 0 Å². The second-order valence-electron chi connectivity index (χ2n) is 7.54. The highest BCUT2D eigenvalue weighted by atomic mass is 16.5. The normalized spacial score (nSPS) is 10.6. The van der Waals surface area contributed by atoms with Crippen LogP contribution in [0, 0.1) is 6.92 Å². The van der Waals surface area contributed by atoms with Crippen LogP contribution in [-0.2, 0) is 20.9 Å². The number of nitrogens with zero attached hydrogens (tertiary/aromatic N) is 1. The van der Waals surface area contributed by atoms with E-state index in [1.807, 2.05) is 37.3 Å². The summed E-state index contributed by atoms with van der Waals surface area (Å²) in [6, 6.07) is 16.6. The number of ether oxygens (including phenoxy) is 1. The molecule has 0 unspecified atom stereocenters. The minimum absolute atomic E-state index is 0.169. The number of pyridine rings is 1. The first-order valence-corrected chi connectivity index (χ1v) is 10.3. The summed E-state index contributed by atoms with van der Waals surface area (Å²) >= 11 is 0. The number of hydrogen-bond acceptors (Lipinski definition) is 5. The van der Waals surface area contributed by atoms with Crippen LogP contribution in [0.25, 0.3) is 22.2 Å². The molecule has 0 saturated carbocycles. The van der Waals surface area contributed by atoms with E-state index in [0.29, 0.717) is 17.0 Å². The highest BCUT2D eigenvalue weighted by molar-refractivity contribution is 6.39. The Hall–Kier alpha value is -4.46. The number of aryl methyl sites for hydroxylation is 1. The van der Waals surface area contributed by atoms with E-state index in [1.54, 1.807) is 36.7 Å². The molecule has 0 fully saturated rings. The summed E-state index contributed by atoms with van der Waals surface area (Å²) in [5, 5.41) is 6.06. The lowest BCUT2D eigenvalue weighted by Crippen LogP contribution is -2.19. The number of amides is 2. The van der Waals surface area contributed by atoms with Crippen LogP contribution in [0.4, 0.5) is 16.2 Å². The Bertz CT molecular complexity index is 1360. The van der Waals surface area contributed by atoms with Gasteiger partial charge in [-0.3, -0.25) is 14.9 Å². The number of H-pyrrole nitrogens is 1. The average molecular weight is 442 g/mol. The van der Waals surface area contributed by atoms with E-state index >= 15 is 0 Å². The van der Waals surface area contributed by atoms with Crippen LogP contribution >= 0.6 is 0 Å². The van der Waals surface area contributed by atoms with Gasteiger partial charge in [-0.25, -0.2) is 9.78 Å². The van der Waals surface area contributed by atoms with E-state index in [-0.39, 0.29) is 6.61 Å². The number of Topliss-reactive ketones (excluding diaryl/α,β-unsaturated/α-hetero) is 1. The van der Waals surface area contributed by atoms with Gasteiger partial charge in [0, 0.05) is 29.8 Å². The number of rotatable bonds is 6. The number of benzene rings is 2. The first-order chi connectivity index (χ1) is 15.9. The molecule has 0 aliphatic carbocycles. The van der Waals surface area contributed by atoms with E-state index in [0.717, 1.165) is 27.6 Å². The first-order valence-electron chi connectivity index (χ1n) is 10.3. The largest absolute Gasteiger partial charge is 0.444 e. The van der Waals surface area contributed by atoms with E-state index in [1.165, 1.54) is 6.92 Å². The Labute approximate surface area is 190 Å². The van der Waals surface area contributed by atoms with E-state index in [2.05, 4.69) is 20.6 Å². The molecule has 4 aromatic rings. The van der Waals surface area contributed by atoms with Crippen molar-refractivity contribution in [1.82, 2.24) is 9.97 Å². The van der Waals surface area contributed by atoms with Gasteiger partial charge in [0.05, 0.1) is 11.9 Å². The maximum absolute atomic E-state index is 12.3. The number of ketones is 1. The maximum atomic E-state index is 12.3. The number of anilines is 2. The van der Waals surface area contributed by atoms with E-state index < -0.39 is 17.8 Å². The van der Waals surface area contributed by atoms with Crippen molar-refractivity contribution in [2.24, 2.45) is 0 Å². The van der Waals surface area contributed by atoms with Crippen molar-refractivity contribution in [2.75, 3.05) is 10.6 Å². The molecule has 0 bridgehead atoms. The molecule has 0 radical (unpaired) electrons. The van der Waals surface area contributed by atoms with Gasteiger partial charge in [-0.05, 0) is 41.8 Å². The lowest BCUT2D eigenvalue weighted by atomic mass is 10.0. The van der Waals surface area contributed by atoms with Crippen molar-refractivity contribution in [1.29, 1.82) is 0 Å². The van der Waals surface area contributed by atoms with Crippen molar-refractivity contribution in [2.45, 2.75) is 20.5 Å². The fourth-order valence-electron chi connectivity index (χ4n) is 3.36. The Morgan fingerprint density at radius 2 is 1.82 bits per heavy atom. The molecule has 33 heavy (non-hydrogen) atoms. The Balaban J connectivity index is 1.52. The number of hydrogen-bond donors (Lipinski definition) is 3. The lowest BCUT2D eigenvalue weighted by molar-refractivity contribution is -0.133. The SMILES string of the molecule is CC(=O)C(=O)Nc1cccc(-c2c[nH]c3ncc(NC(=O)OCc4ccccc4C)cc23)c1. The summed E-state index contributed by atoms with van der Waals surface area (Å²) < 4.78 is 5.34. The topological polar surface area (TPSA) is 113 Å². The molecule has 4 rings (SSSR count). The molecule has 166 valence electrons. The monoisotopic (exact) mass is 442 g/mol. The summed E-state index contributed by atoms with van der Waals surface area (Å²) in [5.74, 6) is -1.25. The van der Waals surface area contributed by atoms with E-state index in [9.17, 15) is 14.4 Å². The van der Waals surface area contributed by atoms with Crippen LogP contribution in [-0.4, -0.2) is 27.8 Å². The number of aromatic amines is 1. The van der Waals surface area contributed by atoms with E-state index in [4.69, 9.17) is 4.74 Å². The molecule has 8 heteroatoms. The van der Waals surface area contributed by atoms with Crippen molar-refractivity contribution in [3.8, 4) is 11.1 Å². The molecule has 2 amide bonds. The predicted molar refractivity (Wildman–Crippen MR) is 126 cm³/mol. The molecule has 8 nitrogen and oxygen atoms in total. The highest BCUT2D eigenvalue weighted by Gasteiger charge is 2.12.